The average Bonchev–Trinajstić information content (AvgIpc) is 1.58. The zero-order valence-electron chi connectivity index (χ0n) is 64.9. The summed E-state index contributed by atoms with van der Waals surface area (Å²) in [5, 5.41) is 14.5. The maximum atomic E-state index is 5.56. The number of rotatable bonds is 12. The van der Waals surface area contributed by atoms with E-state index in [4.69, 9.17) is 15.0 Å². The van der Waals surface area contributed by atoms with Crippen LogP contribution in [-0.2, 0) is 0 Å². The monoisotopic (exact) mass is 1530 g/mol. The third-order valence-corrected chi connectivity index (χ3v) is 24.9. The second kappa shape index (κ2) is 26.7. The third-order valence-electron chi connectivity index (χ3n) is 24.9. The van der Waals surface area contributed by atoms with E-state index in [1.54, 1.807) is 0 Å². The van der Waals surface area contributed by atoms with Crippen molar-refractivity contribution in [2.45, 2.75) is 0 Å². The molecule has 0 fully saturated rings. The minimum absolute atomic E-state index is 0.552. The lowest BCUT2D eigenvalue weighted by atomic mass is 9.99. The summed E-state index contributed by atoms with van der Waals surface area (Å²) in [5.41, 5.74) is 29.1. The molecule has 0 spiro atoms. The van der Waals surface area contributed by atoms with Crippen LogP contribution in [-0.4, -0.2) is 42.4 Å². The summed E-state index contributed by atoms with van der Waals surface area (Å²) in [4.78, 5) is 16.7. The smallest absolute Gasteiger partial charge is 0.164 e. The van der Waals surface area contributed by atoms with E-state index in [9.17, 15) is 0 Å². The third kappa shape index (κ3) is 10.3. The van der Waals surface area contributed by atoms with E-state index in [2.05, 4.69) is 446 Å². The van der Waals surface area contributed by atoms with Gasteiger partial charge in [0.2, 0.25) is 0 Å². The minimum Gasteiger partial charge on any atom is -0.309 e. The van der Waals surface area contributed by atoms with Gasteiger partial charge < -0.3 is 27.4 Å². The van der Waals surface area contributed by atoms with Crippen LogP contribution in [0.5, 0.6) is 0 Å². The van der Waals surface area contributed by atoms with E-state index in [1.807, 2.05) is 0 Å². The molecule has 7 aromatic heterocycles. The molecule has 9 nitrogen and oxygen atoms in total. The molecule has 558 valence electrons. The van der Waals surface area contributed by atoms with Crippen LogP contribution < -0.4 is 0 Å². The molecule has 0 unspecified atom stereocenters. The largest absolute Gasteiger partial charge is 0.309 e. The Bertz CT molecular complexity index is 7410. The first-order chi connectivity index (χ1) is 59.5. The van der Waals surface area contributed by atoms with Crippen molar-refractivity contribution in [1.29, 1.82) is 0 Å². The first-order valence-electron chi connectivity index (χ1n) is 41.0. The normalized spacial score (nSPS) is 12.0. The summed E-state index contributed by atoms with van der Waals surface area (Å²) in [5.74, 6) is 1.66. The van der Waals surface area contributed by atoms with Gasteiger partial charge in [0, 0.05) is 115 Å². The van der Waals surface area contributed by atoms with Crippen LogP contribution in [0.3, 0.4) is 0 Å². The summed E-state index contributed by atoms with van der Waals surface area (Å²) in [6.45, 7) is 0. The quantitative estimate of drug-likeness (QED) is 0.122. The van der Waals surface area contributed by atoms with Gasteiger partial charge in [0.25, 0.3) is 0 Å². The fourth-order valence-corrected chi connectivity index (χ4v) is 19.6. The second-order valence-electron chi connectivity index (χ2n) is 31.4. The zero-order valence-corrected chi connectivity index (χ0v) is 64.9. The number of aromatic nitrogens is 9. The van der Waals surface area contributed by atoms with Crippen LogP contribution in [0.15, 0.2) is 419 Å². The summed E-state index contributed by atoms with van der Waals surface area (Å²) >= 11 is 0. The number of para-hydroxylation sites is 12. The predicted molar refractivity (Wildman–Crippen MR) is 498 cm³/mol. The lowest BCUT2D eigenvalue weighted by Crippen LogP contribution is -2.02. The summed E-state index contributed by atoms with van der Waals surface area (Å²) in [6, 6.07) is 153. The van der Waals surface area contributed by atoms with Crippen molar-refractivity contribution in [2.24, 2.45) is 0 Å². The first-order valence-corrected chi connectivity index (χ1v) is 41.0. The van der Waals surface area contributed by atoms with E-state index in [0.29, 0.717) is 17.5 Å². The molecule has 25 aromatic rings. The van der Waals surface area contributed by atoms with E-state index in [-0.39, 0.29) is 0 Å². The summed E-state index contributed by atoms with van der Waals surface area (Å²) in [7, 11) is 0. The Kier molecular flexibility index (Phi) is 14.9. The maximum Gasteiger partial charge on any atom is 0.164 e. The summed E-state index contributed by atoms with van der Waals surface area (Å²) < 4.78 is 14.5. The van der Waals surface area contributed by atoms with Crippen molar-refractivity contribution in [3.8, 4) is 102 Å². The zero-order chi connectivity index (χ0) is 78.6. The molecule has 0 N–H and O–H groups in total. The van der Waals surface area contributed by atoms with Crippen LogP contribution in [0.4, 0.5) is 0 Å². The maximum absolute atomic E-state index is 5.56. The van der Waals surface area contributed by atoms with Gasteiger partial charge in [-0.15, -0.1) is 0 Å². The molecule has 7 heterocycles. The fourth-order valence-electron chi connectivity index (χ4n) is 19.6. The highest BCUT2D eigenvalue weighted by Gasteiger charge is 2.25. The second-order valence-corrected chi connectivity index (χ2v) is 31.4. The molecule has 0 atom stereocenters. The van der Waals surface area contributed by atoms with Gasteiger partial charge in [-0.25, -0.2) is 15.0 Å². The van der Waals surface area contributed by atoms with Crippen LogP contribution >= 0.6 is 0 Å². The number of hydrogen-bond donors (Lipinski definition) is 0. The highest BCUT2D eigenvalue weighted by molar-refractivity contribution is 6.15. The SMILES string of the molecule is c1ccc2c(c1)c1ccccc1n2-c1ccc(-n2c3ccccc3c3ccccc32)c(-c2ccc(-c3nc(-c4ccc(-c5cc(-n6c7ccccc7c7ccccc76)ccc5-n5c6ccccc6c6ccccc65)cc4)nc(-c4ccc(-c5cc(-n6c7ccccc7c7ccccc76)ccc5-n5c6ccccc6c6ccccc65)cc4)n3)cc2)c1. The van der Waals surface area contributed by atoms with Gasteiger partial charge in [-0.05, 0) is 144 Å². The van der Waals surface area contributed by atoms with Crippen molar-refractivity contribution < 1.29 is 0 Å². The highest BCUT2D eigenvalue weighted by Crippen LogP contribution is 2.46. The molecular formula is C111H69N9. The fraction of sp³-hybridized carbons (Fsp3) is 0. The van der Waals surface area contributed by atoms with Crippen LogP contribution in [0.2, 0.25) is 0 Å². The summed E-state index contributed by atoms with van der Waals surface area (Å²) in [6.07, 6.45) is 0. The Labute approximate surface area is 688 Å². The van der Waals surface area contributed by atoms with E-state index in [0.717, 1.165) is 150 Å². The van der Waals surface area contributed by atoms with Crippen molar-refractivity contribution in [3.63, 3.8) is 0 Å². The lowest BCUT2D eigenvalue weighted by Gasteiger charge is -2.18. The van der Waals surface area contributed by atoms with Crippen molar-refractivity contribution in [2.75, 3.05) is 0 Å². The molecule has 9 heteroatoms. The molecule has 0 saturated carbocycles. The van der Waals surface area contributed by atoms with Gasteiger partial charge >= 0.3 is 0 Å². The van der Waals surface area contributed by atoms with Gasteiger partial charge in [-0.2, -0.15) is 0 Å². The van der Waals surface area contributed by atoms with Crippen LogP contribution in [0, 0.1) is 0 Å². The Morgan fingerprint density at radius 1 is 0.133 bits per heavy atom. The molecule has 0 aliphatic rings. The van der Waals surface area contributed by atoms with Crippen molar-refractivity contribution in [1.82, 2.24) is 42.4 Å². The standard InChI is InChI=1S/C111H69N9/c1-13-37-94-79(25-1)80-26-2-14-38-95(80)115(94)76-61-64-106(118-100-43-19-7-31-85(100)86-32-8-20-44-101(86)118)91(67-76)70-49-55-73(56-50-70)109-112-110(74-57-51-71(52-58-74)92-68-77(116-96-39-15-3-27-81(96)82-28-4-16-40-97(82)116)62-65-107(92)119-102-45-21-9-33-87(102)88-34-10-22-46-103(88)119)114-111(113-109)75-59-53-72(54-60-75)93-69-78(117-98-41-17-5-29-83(98)84-30-6-18-42-99(84)117)63-66-108(93)120-104-47-23-11-35-89(104)90-36-12-24-48-105(90)120/h1-69H. The first kappa shape index (κ1) is 67.1. The number of benzene rings is 18. The molecule has 0 amide bonds. The average molecular weight is 1530 g/mol. The van der Waals surface area contributed by atoms with Gasteiger partial charge in [0.1, 0.15) is 0 Å². The van der Waals surface area contributed by atoms with Gasteiger partial charge in [-0.3, -0.25) is 0 Å². The highest BCUT2D eigenvalue weighted by atomic mass is 15.1. The number of hydrogen-bond acceptors (Lipinski definition) is 3. The van der Waals surface area contributed by atoms with Gasteiger partial charge in [0.05, 0.1) is 83.3 Å². The molecule has 0 aliphatic heterocycles. The topological polar surface area (TPSA) is 68.2 Å². The minimum atomic E-state index is 0.552. The molecule has 0 aliphatic carbocycles. The Morgan fingerprint density at radius 2 is 0.283 bits per heavy atom. The Balaban J connectivity index is 0.671. The van der Waals surface area contributed by atoms with Crippen LogP contribution in [0.1, 0.15) is 0 Å². The number of fused-ring (bicyclic) bond motifs is 18. The van der Waals surface area contributed by atoms with Gasteiger partial charge in [0.15, 0.2) is 17.5 Å². The Morgan fingerprint density at radius 3 is 0.458 bits per heavy atom. The van der Waals surface area contributed by atoms with Crippen molar-refractivity contribution >= 4 is 131 Å². The Hall–Kier alpha value is -16.2. The molecule has 0 bridgehead atoms. The predicted octanol–water partition coefficient (Wildman–Crippen LogP) is 28.5. The van der Waals surface area contributed by atoms with Crippen molar-refractivity contribution in [3.05, 3.63) is 419 Å². The number of nitrogens with zero attached hydrogens (tertiary/aromatic N) is 9. The molecule has 120 heavy (non-hydrogen) atoms. The molecule has 25 rings (SSSR count). The molecule has 0 saturated heterocycles. The van der Waals surface area contributed by atoms with E-state index in [1.165, 1.54) is 64.6 Å². The van der Waals surface area contributed by atoms with E-state index < -0.39 is 0 Å². The molecule has 0 radical (unpaired) electrons. The lowest BCUT2D eigenvalue weighted by molar-refractivity contribution is 1.07. The molecule has 18 aromatic carbocycles. The van der Waals surface area contributed by atoms with Gasteiger partial charge in [-0.1, -0.05) is 291 Å². The molecular weight excluding hydrogens is 1460 g/mol. The van der Waals surface area contributed by atoms with E-state index >= 15 is 0 Å². The van der Waals surface area contributed by atoms with Crippen LogP contribution in [0.25, 0.3) is 233 Å².